The Morgan fingerprint density at radius 1 is 1.28 bits per heavy atom. The fourth-order valence-electron chi connectivity index (χ4n) is 4.14. The standard InChI is InChI=1S/C21H19F7N4O3S/c1-8-5-20(24,25)7-32(8)18(33)13-14(36-17(31-13)19(34)35)11-6-29-12(4-10(11)16(22)23)30-15(9-2-3-9)21(26,27)28/h4,6,8-9,15-16H,2-3,5,7H2,1H3,(H,29,30)(H,34,35)/t8-,15?/m0/s1. The van der Waals surface area contributed by atoms with Crippen LogP contribution < -0.4 is 5.32 Å². The molecular formula is C21H19F7N4O3S. The summed E-state index contributed by atoms with van der Waals surface area (Å²) in [5, 5.41) is 10.8. The van der Waals surface area contributed by atoms with Crippen LogP contribution >= 0.6 is 11.3 Å². The van der Waals surface area contributed by atoms with Crippen LogP contribution in [0.1, 0.15) is 58.5 Å². The number of aromatic nitrogens is 2. The molecule has 0 bridgehead atoms. The van der Waals surface area contributed by atoms with Gasteiger partial charge in [0, 0.05) is 29.8 Å². The number of amides is 1. The number of carboxylic acid groups (broad SMARTS) is 1. The quantitative estimate of drug-likeness (QED) is 0.453. The van der Waals surface area contributed by atoms with Gasteiger partial charge in [-0.25, -0.2) is 32.3 Å². The van der Waals surface area contributed by atoms with Crippen LogP contribution in [-0.4, -0.2) is 62.6 Å². The number of anilines is 1. The molecule has 1 aliphatic carbocycles. The maximum absolute atomic E-state index is 14.0. The van der Waals surface area contributed by atoms with Gasteiger partial charge in [-0.05, 0) is 31.7 Å². The van der Waals surface area contributed by atoms with Gasteiger partial charge in [-0.2, -0.15) is 13.2 Å². The normalized spacial score (nSPS) is 20.6. The SMILES string of the molecule is C[C@H]1CC(F)(F)CN1C(=O)c1nc(C(=O)O)sc1-c1cnc(NC(C2CC2)C(F)(F)F)cc1C(F)F. The van der Waals surface area contributed by atoms with Gasteiger partial charge in [0.1, 0.15) is 17.6 Å². The zero-order valence-corrected chi connectivity index (χ0v) is 19.3. The Kier molecular flexibility index (Phi) is 6.64. The first-order valence-electron chi connectivity index (χ1n) is 10.7. The molecule has 0 spiro atoms. The maximum Gasteiger partial charge on any atom is 0.408 e. The van der Waals surface area contributed by atoms with Gasteiger partial charge in [0.25, 0.3) is 18.3 Å². The first-order chi connectivity index (χ1) is 16.7. The number of hydrogen-bond donors (Lipinski definition) is 2. The topological polar surface area (TPSA) is 95.4 Å². The molecule has 7 nitrogen and oxygen atoms in total. The molecular weight excluding hydrogens is 521 g/mol. The molecule has 1 amide bonds. The minimum absolute atomic E-state index is 0.315. The number of likely N-dealkylation sites (tertiary alicyclic amines) is 1. The Labute approximate surface area is 203 Å². The number of pyridine rings is 1. The van der Waals surface area contributed by atoms with Gasteiger partial charge < -0.3 is 15.3 Å². The van der Waals surface area contributed by atoms with Gasteiger partial charge in [-0.15, -0.1) is 11.3 Å². The summed E-state index contributed by atoms with van der Waals surface area (Å²) in [6, 6.07) is -2.22. The van der Waals surface area contributed by atoms with E-state index in [-0.39, 0.29) is 4.88 Å². The largest absolute Gasteiger partial charge is 0.476 e. The second-order valence-electron chi connectivity index (χ2n) is 8.80. The van der Waals surface area contributed by atoms with Crippen molar-refractivity contribution in [3.05, 3.63) is 28.5 Å². The molecule has 2 aliphatic rings. The van der Waals surface area contributed by atoms with Gasteiger partial charge >= 0.3 is 12.1 Å². The molecule has 4 rings (SSSR count). The van der Waals surface area contributed by atoms with E-state index in [4.69, 9.17) is 0 Å². The van der Waals surface area contributed by atoms with E-state index in [1.807, 2.05) is 0 Å². The lowest BCUT2D eigenvalue weighted by atomic mass is 10.1. The van der Waals surface area contributed by atoms with E-state index in [2.05, 4.69) is 15.3 Å². The summed E-state index contributed by atoms with van der Waals surface area (Å²) in [7, 11) is 0. The van der Waals surface area contributed by atoms with E-state index in [1.54, 1.807) is 0 Å². The highest BCUT2D eigenvalue weighted by atomic mass is 32.1. The van der Waals surface area contributed by atoms with Crippen LogP contribution in [0.3, 0.4) is 0 Å². The average Bonchev–Trinajstić information content (AvgIpc) is 3.42. The smallest absolute Gasteiger partial charge is 0.408 e. The van der Waals surface area contributed by atoms with Gasteiger partial charge in [-0.1, -0.05) is 0 Å². The summed E-state index contributed by atoms with van der Waals surface area (Å²) in [5.41, 5.74) is -1.88. The predicted molar refractivity (Wildman–Crippen MR) is 114 cm³/mol. The molecule has 3 heterocycles. The summed E-state index contributed by atoms with van der Waals surface area (Å²) in [6.07, 6.45) is -7.11. The monoisotopic (exact) mass is 540 g/mol. The van der Waals surface area contributed by atoms with Gasteiger partial charge in [0.05, 0.1) is 11.4 Å². The van der Waals surface area contributed by atoms with Gasteiger partial charge in [0.15, 0.2) is 0 Å². The molecule has 1 unspecified atom stereocenters. The molecule has 1 aliphatic heterocycles. The molecule has 2 N–H and O–H groups in total. The van der Waals surface area contributed by atoms with Crippen LogP contribution in [-0.2, 0) is 0 Å². The van der Waals surface area contributed by atoms with E-state index in [1.165, 1.54) is 6.92 Å². The van der Waals surface area contributed by atoms with Crippen LogP contribution in [0.2, 0.25) is 0 Å². The first kappa shape index (κ1) is 26.1. The van der Waals surface area contributed by atoms with Crippen molar-refractivity contribution in [3.8, 4) is 10.4 Å². The molecule has 15 heteroatoms. The number of rotatable bonds is 7. The zero-order chi connectivity index (χ0) is 26.6. The fraction of sp³-hybridized carbons (Fsp3) is 0.524. The average molecular weight is 540 g/mol. The van der Waals surface area contributed by atoms with E-state index < -0.39 is 89.0 Å². The summed E-state index contributed by atoms with van der Waals surface area (Å²) in [4.78, 5) is 32.5. The van der Waals surface area contributed by atoms with Crippen molar-refractivity contribution in [2.24, 2.45) is 5.92 Å². The van der Waals surface area contributed by atoms with Gasteiger partial charge in [-0.3, -0.25) is 4.79 Å². The lowest BCUT2D eigenvalue weighted by molar-refractivity contribution is -0.146. The molecule has 1 saturated heterocycles. The van der Waals surface area contributed by atoms with Crippen molar-refractivity contribution in [1.29, 1.82) is 0 Å². The third kappa shape index (κ3) is 5.25. The maximum atomic E-state index is 14.0. The molecule has 196 valence electrons. The number of hydrogen-bond acceptors (Lipinski definition) is 6. The Hall–Kier alpha value is -2.97. The lowest BCUT2D eigenvalue weighted by Crippen LogP contribution is -2.38. The summed E-state index contributed by atoms with van der Waals surface area (Å²) >= 11 is 0.360. The van der Waals surface area contributed by atoms with Crippen molar-refractivity contribution in [2.45, 2.75) is 56.8 Å². The number of thiazole rings is 1. The second-order valence-corrected chi connectivity index (χ2v) is 9.80. The number of nitrogens with one attached hydrogen (secondary N) is 1. The number of carbonyl (C=O) groups is 2. The van der Waals surface area contributed by atoms with Crippen LogP contribution in [0.4, 0.5) is 36.6 Å². The predicted octanol–water partition coefficient (Wildman–Crippen LogP) is 5.46. The summed E-state index contributed by atoms with van der Waals surface area (Å²) in [5.74, 6) is -7.05. The highest BCUT2D eigenvalue weighted by Crippen LogP contribution is 2.43. The van der Waals surface area contributed by atoms with E-state index in [9.17, 15) is 45.4 Å². The third-order valence-electron chi connectivity index (χ3n) is 5.97. The number of nitrogens with zero attached hydrogens (tertiary/aromatic N) is 3. The van der Waals surface area contributed by atoms with Crippen LogP contribution in [0.15, 0.2) is 12.3 Å². The zero-order valence-electron chi connectivity index (χ0n) is 18.5. The summed E-state index contributed by atoms with van der Waals surface area (Å²) in [6.45, 7) is 0.391. The Bertz CT molecular complexity index is 1180. The molecule has 2 aromatic heterocycles. The highest BCUT2D eigenvalue weighted by Gasteiger charge is 2.49. The number of carboxylic acids is 1. The van der Waals surface area contributed by atoms with E-state index in [0.717, 1.165) is 11.1 Å². The van der Waals surface area contributed by atoms with Gasteiger partial charge in [0.2, 0.25) is 5.01 Å². The molecule has 1 saturated carbocycles. The molecule has 2 atom stereocenters. The second kappa shape index (κ2) is 9.16. The van der Waals surface area contributed by atoms with Crippen molar-refractivity contribution in [1.82, 2.24) is 14.9 Å². The number of alkyl halides is 7. The third-order valence-corrected chi connectivity index (χ3v) is 7.04. The highest BCUT2D eigenvalue weighted by molar-refractivity contribution is 7.17. The minimum Gasteiger partial charge on any atom is -0.476 e. The minimum atomic E-state index is -4.64. The lowest BCUT2D eigenvalue weighted by Gasteiger charge is -2.23. The number of halogens is 7. The van der Waals surface area contributed by atoms with Crippen molar-refractivity contribution >= 4 is 29.0 Å². The van der Waals surface area contributed by atoms with Crippen molar-refractivity contribution in [3.63, 3.8) is 0 Å². The number of aromatic carboxylic acids is 1. The molecule has 0 aromatic carbocycles. The Morgan fingerprint density at radius 3 is 2.44 bits per heavy atom. The molecule has 0 radical (unpaired) electrons. The van der Waals surface area contributed by atoms with Crippen LogP contribution in [0.5, 0.6) is 0 Å². The van der Waals surface area contributed by atoms with Crippen LogP contribution in [0.25, 0.3) is 10.4 Å². The molecule has 2 aromatic rings. The molecule has 36 heavy (non-hydrogen) atoms. The van der Waals surface area contributed by atoms with Crippen LogP contribution in [0, 0.1) is 5.92 Å². The number of carbonyl (C=O) groups excluding carboxylic acids is 1. The first-order valence-corrected chi connectivity index (χ1v) is 11.5. The fourth-order valence-corrected chi connectivity index (χ4v) is 5.06. The summed E-state index contributed by atoms with van der Waals surface area (Å²) < 4.78 is 95.7. The van der Waals surface area contributed by atoms with E-state index in [0.29, 0.717) is 30.2 Å². The Morgan fingerprint density at radius 2 is 1.94 bits per heavy atom. The van der Waals surface area contributed by atoms with Crippen molar-refractivity contribution in [2.75, 3.05) is 11.9 Å². The Balaban J connectivity index is 1.75. The van der Waals surface area contributed by atoms with E-state index >= 15 is 0 Å². The van der Waals surface area contributed by atoms with Crippen molar-refractivity contribution < 1.29 is 45.4 Å². The molecule has 2 fully saturated rings.